The summed E-state index contributed by atoms with van der Waals surface area (Å²) in [4.78, 5) is 0.243. The number of rotatable bonds is 6. The van der Waals surface area contributed by atoms with Gasteiger partial charge in [0.15, 0.2) is 0 Å². The Morgan fingerprint density at radius 3 is 2.52 bits per heavy atom. The van der Waals surface area contributed by atoms with Crippen LogP contribution in [0.25, 0.3) is 0 Å². The average molecular weight is 331 g/mol. The molecule has 118 valence electrons. The summed E-state index contributed by atoms with van der Waals surface area (Å²) in [5, 5.41) is 3.75. The van der Waals surface area contributed by atoms with Gasteiger partial charge in [0.1, 0.15) is 0 Å². The van der Waals surface area contributed by atoms with Gasteiger partial charge in [0.25, 0.3) is 0 Å². The lowest BCUT2D eigenvalue weighted by molar-refractivity contribution is 0.552. The molecule has 4 nitrogen and oxygen atoms in total. The van der Waals surface area contributed by atoms with E-state index >= 15 is 0 Å². The second-order valence-electron chi connectivity index (χ2n) is 5.89. The van der Waals surface area contributed by atoms with Crippen molar-refractivity contribution < 1.29 is 8.42 Å². The van der Waals surface area contributed by atoms with Gasteiger partial charge in [-0.1, -0.05) is 44.4 Å². The lowest BCUT2D eigenvalue weighted by atomic mass is 10.2. The summed E-state index contributed by atoms with van der Waals surface area (Å²) in [5.74, 6) is 0. The largest absolute Gasteiger partial charge is 0.310 e. The maximum Gasteiger partial charge on any atom is 0.240 e. The first-order chi connectivity index (χ1) is 9.88. The van der Waals surface area contributed by atoms with E-state index in [0.29, 0.717) is 17.6 Å². The SMILES string of the molecule is CC(C)NCc1ccc(S(=O)(=O)NC2CCCC2)cc1Cl. The predicted molar refractivity (Wildman–Crippen MR) is 86.0 cm³/mol. The monoisotopic (exact) mass is 330 g/mol. The molecule has 2 rings (SSSR count). The van der Waals surface area contributed by atoms with Crippen LogP contribution >= 0.6 is 11.6 Å². The minimum atomic E-state index is -3.47. The minimum Gasteiger partial charge on any atom is -0.310 e. The first-order valence-corrected chi connectivity index (χ1v) is 9.29. The lowest BCUT2D eigenvalue weighted by Crippen LogP contribution is -2.32. The van der Waals surface area contributed by atoms with E-state index < -0.39 is 10.0 Å². The molecule has 0 spiro atoms. The molecule has 1 aromatic rings. The summed E-state index contributed by atoms with van der Waals surface area (Å²) in [6.07, 6.45) is 4.02. The zero-order valence-corrected chi connectivity index (χ0v) is 14.1. The Hall–Kier alpha value is -0.620. The van der Waals surface area contributed by atoms with Crippen LogP contribution in [0.4, 0.5) is 0 Å². The van der Waals surface area contributed by atoms with Gasteiger partial charge in [0.2, 0.25) is 10.0 Å². The molecule has 21 heavy (non-hydrogen) atoms. The fourth-order valence-corrected chi connectivity index (χ4v) is 4.13. The van der Waals surface area contributed by atoms with Gasteiger partial charge >= 0.3 is 0 Å². The van der Waals surface area contributed by atoms with Gasteiger partial charge < -0.3 is 5.32 Å². The third-order valence-corrected chi connectivity index (χ3v) is 5.58. The molecule has 0 aromatic heterocycles. The summed E-state index contributed by atoms with van der Waals surface area (Å²) in [6.45, 7) is 4.74. The number of nitrogens with one attached hydrogen (secondary N) is 2. The average Bonchev–Trinajstić information content (AvgIpc) is 2.89. The summed E-state index contributed by atoms with van der Waals surface area (Å²) in [6, 6.07) is 5.36. The molecule has 0 radical (unpaired) electrons. The zero-order valence-electron chi connectivity index (χ0n) is 12.5. The molecule has 1 aromatic carbocycles. The zero-order chi connectivity index (χ0) is 15.5. The van der Waals surface area contributed by atoms with Crippen molar-refractivity contribution in [3.8, 4) is 0 Å². The Kier molecular flexibility index (Phi) is 5.66. The third kappa shape index (κ3) is 4.68. The van der Waals surface area contributed by atoms with Gasteiger partial charge in [0, 0.05) is 23.7 Å². The molecule has 0 atom stereocenters. The van der Waals surface area contributed by atoms with Crippen LogP contribution in [0, 0.1) is 0 Å². The van der Waals surface area contributed by atoms with Gasteiger partial charge in [-0.25, -0.2) is 13.1 Å². The number of hydrogen-bond donors (Lipinski definition) is 2. The first kappa shape index (κ1) is 16.7. The Labute approximate surface area is 132 Å². The highest BCUT2D eigenvalue weighted by Crippen LogP contribution is 2.23. The van der Waals surface area contributed by atoms with Gasteiger partial charge in [-0.3, -0.25) is 0 Å². The van der Waals surface area contributed by atoms with Crippen molar-refractivity contribution in [3.05, 3.63) is 28.8 Å². The summed E-state index contributed by atoms with van der Waals surface area (Å²) in [7, 11) is -3.47. The van der Waals surface area contributed by atoms with E-state index in [9.17, 15) is 8.42 Å². The standard InChI is InChI=1S/C15H23ClN2O2S/c1-11(2)17-10-12-7-8-14(9-15(12)16)21(19,20)18-13-5-3-4-6-13/h7-9,11,13,17-18H,3-6,10H2,1-2H3. The molecule has 0 heterocycles. The van der Waals surface area contributed by atoms with Crippen LogP contribution in [0.3, 0.4) is 0 Å². The normalized spacial score (nSPS) is 16.8. The maximum atomic E-state index is 12.3. The molecule has 1 saturated carbocycles. The van der Waals surface area contributed by atoms with Gasteiger partial charge in [-0.05, 0) is 30.5 Å². The highest BCUT2D eigenvalue weighted by atomic mass is 35.5. The molecular formula is C15H23ClN2O2S. The first-order valence-electron chi connectivity index (χ1n) is 7.42. The van der Waals surface area contributed by atoms with Crippen molar-refractivity contribution in [2.75, 3.05) is 0 Å². The maximum absolute atomic E-state index is 12.3. The van der Waals surface area contributed by atoms with Crippen LogP contribution < -0.4 is 10.0 Å². The molecular weight excluding hydrogens is 308 g/mol. The van der Waals surface area contributed by atoms with Crippen LogP contribution in [0.15, 0.2) is 23.1 Å². The van der Waals surface area contributed by atoms with Crippen molar-refractivity contribution >= 4 is 21.6 Å². The summed E-state index contributed by atoms with van der Waals surface area (Å²) >= 11 is 6.20. The van der Waals surface area contributed by atoms with E-state index in [2.05, 4.69) is 23.9 Å². The number of benzene rings is 1. The smallest absolute Gasteiger partial charge is 0.240 e. The van der Waals surface area contributed by atoms with Crippen molar-refractivity contribution in [1.82, 2.24) is 10.0 Å². The Morgan fingerprint density at radius 1 is 1.29 bits per heavy atom. The van der Waals surface area contributed by atoms with E-state index in [1.54, 1.807) is 12.1 Å². The lowest BCUT2D eigenvalue weighted by Gasteiger charge is -2.14. The quantitative estimate of drug-likeness (QED) is 0.842. The molecule has 0 bridgehead atoms. The highest BCUT2D eigenvalue weighted by molar-refractivity contribution is 7.89. The van der Waals surface area contributed by atoms with E-state index in [-0.39, 0.29) is 10.9 Å². The van der Waals surface area contributed by atoms with Crippen LogP contribution in [-0.2, 0) is 16.6 Å². The van der Waals surface area contributed by atoms with Crippen LogP contribution in [-0.4, -0.2) is 20.5 Å². The molecule has 2 N–H and O–H groups in total. The Morgan fingerprint density at radius 2 is 1.95 bits per heavy atom. The van der Waals surface area contributed by atoms with E-state index in [0.717, 1.165) is 31.2 Å². The van der Waals surface area contributed by atoms with Crippen molar-refractivity contribution in [1.29, 1.82) is 0 Å². The summed E-state index contributed by atoms with van der Waals surface area (Å²) in [5.41, 5.74) is 0.908. The molecule has 1 fully saturated rings. The van der Waals surface area contributed by atoms with Gasteiger partial charge in [-0.2, -0.15) is 0 Å². The summed E-state index contributed by atoms with van der Waals surface area (Å²) < 4.78 is 27.4. The van der Waals surface area contributed by atoms with Crippen LogP contribution in [0.1, 0.15) is 45.1 Å². The van der Waals surface area contributed by atoms with Gasteiger partial charge in [0.05, 0.1) is 4.90 Å². The fourth-order valence-electron chi connectivity index (χ4n) is 2.48. The molecule has 0 amide bonds. The molecule has 0 saturated heterocycles. The number of hydrogen-bond acceptors (Lipinski definition) is 3. The predicted octanol–water partition coefficient (Wildman–Crippen LogP) is 3.06. The van der Waals surface area contributed by atoms with Crippen LogP contribution in [0.2, 0.25) is 5.02 Å². The Bertz CT molecular complexity index is 581. The molecule has 0 unspecified atom stereocenters. The molecule has 6 heteroatoms. The number of sulfonamides is 1. The topological polar surface area (TPSA) is 58.2 Å². The Balaban J connectivity index is 2.10. The van der Waals surface area contributed by atoms with E-state index in [1.165, 1.54) is 6.07 Å². The van der Waals surface area contributed by atoms with Crippen LogP contribution in [0.5, 0.6) is 0 Å². The minimum absolute atomic E-state index is 0.0658. The highest BCUT2D eigenvalue weighted by Gasteiger charge is 2.23. The van der Waals surface area contributed by atoms with Gasteiger partial charge in [-0.15, -0.1) is 0 Å². The third-order valence-electron chi connectivity index (χ3n) is 3.71. The van der Waals surface area contributed by atoms with E-state index in [4.69, 9.17) is 11.6 Å². The molecule has 1 aliphatic rings. The van der Waals surface area contributed by atoms with Crippen molar-refractivity contribution in [3.63, 3.8) is 0 Å². The number of halogens is 1. The van der Waals surface area contributed by atoms with Crippen molar-refractivity contribution in [2.24, 2.45) is 0 Å². The fraction of sp³-hybridized carbons (Fsp3) is 0.600. The molecule has 1 aliphatic carbocycles. The van der Waals surface area contributed by atoms with Crippen molar-refractivity contribution in [2.45, 2.75) is 63.1 Å². The van der Waals surface area contributed by atoms with E-state index in [1.807, 2.05) is 0 Å². The second kappa shape index (κ2) is 7.09. The second-order valence-corrected chi connectivity index (χ2v) is 8.01. The molecule has 0 aliphatic heterocycles.